The molecule has 3 aromatic rings. The maximum absolute atomic E-state index is 11.7. The van der Waals surface area contributed by atoms with Crippen molar-refractivity contribution in [1.29, 1.82) is 0 Å². The number of fused-ring (bicyclic) bond motifs is 1. The van der Waals surface area contributed by atoms with Crippen LogP contribution in [0.15, 0.2) is 48.5 Å². The van der Waals surface area contributed by atoms with Gasteiger partial charge in [0.1, 0.15) is 0 Å². The molecular formula is C17H15N3O3. The van der Waals surface area contributed by atoms with Crippen molar-refractivity contribution in [3.63, 3.8) is 0 Å². The van der Waals surface area contributed by atoms with Gasteiger partial charge in [-0.05, 0) is 18.2 Å². The van der Waals surface area contributed by atoms with Crippen molar-refractivity contribution >= 4 is 28.5 Å². The fraction of sp³-hybridized carbons (Fsp3) is 0.118. The van der Waals surface area contributed by atoms with E-state index in [0.717, 1.165) is 22.2 Å². The topological polar surface area (TPSA) is 95.1 Å². The van der Waals surface area contributed by atoms with Crippen molar-refractivity contribution in [2.45, 2.75) is 12.8 Å². The van der Waals surface area contributed by atoms with Crippen LogP contribution in [0.1, 0.15) is 12.8 Å². The molecule has 0 saturated carbocycles. The number of nitrogens with one attached hydrogen (secondary N) is 2. The minimum absolute atomic E-state index is 0.0507. The lowest BCUT2D eigenvalue weighted by Gasteiger charge is -2.06. The summed E-state index contributed by atoms with van der Waals surface area (Å²) in [7, 11) is 0. The quantitative estimate of drug-likeness (QED) is 0.675. The molecule has 6 heteroatoms. The Balaban J connectivity index is 1.83. The van der Waals surface area contributed by atoms with E-state index in [1.807, 2.05) is 42.5 Å². The third kappa shape index (κ3) is 3.37. The van der Waals surface area contributed by atoms with Crippen LogP contribution >= 0.6 is 0 Å². The number of H-pyrrole nitrogens is 1. The molecule has 3 rings (SSSR count). The Bertz CT molecular complexity index is 870. The van der Waals surface area contributed by atoms with Gasteiger partial charge in [-0.3, -0.25) is 14.7 Å². The lowest BCUT2D eigenvalue weighted by Crippen LogP contribution is -2.13. The van der Waals surface area contributed by atoms with Gasteiger partial charge in [0, 0.05) is 23.1 Å². The molecule has 0 radical (unpaired) electrons. The lowest BCUT2D eigenvalue weighted by molar-refractivity contribution is -0.138. The maximum Gasteiger partial charge on any atom is 0.303 e. The summed E-state index contributed by atoms with van der Waals surface area (Å²) < 4.78 is 0. The van der Waals surface area contributed by atoms with E-state index < -0.39 is 5.97 Å². The highest BCUT2D eigenvalue weighted by Gasteiger charge is 2.10. The molecule has 0 atom stereocenters. The van der Waals surface area contributed by atoms with Crippen LogP contribution in [0.4, 0.5) is 5.69 Å². The highest BCUT2D eigenvalue weighted by Crippen LogP contribution is 2.27. The first-order valence-electron chi connectivity index (χ1n) is 7.18. The summed E-state index contributed by atoms with van der Waals surface area (Å²) in [4.78, 5) is 22.2. The minimum Gasteiger partial charge on any atom is -0.481 e. The molecule has 0 aliphatic carbocycles. The van der Waals surface area contributed by atoms with Crippen LogP contribution in [-0.4, -0.2) is 27.2 Å². The van der Waals surface area contributed by atoms with Crippen molar-refractivity contribution < 1.29 is 14.7 Å². The van der Waals surface area contributed by atoms with E-state index in [4.69, 9.17) is 5.11 Å². The maximum atomic E-state index is 11.7. The minimum atomic E-state index is -0.989. The summed E-state index contributed by atoms with van der Waals surface area (Å²) >= 11 is 0. The van der Waals surface area contributed by atoms with Gasteiger partial charge in [0.15, 0.2) is 0 Å². The second kappa shape index (κ2) is 6.31. The van der Waals surface area contributed by atoms with E-state index in [2.05, 4.69) is 15.5 Å². The van der Waals surface area contributed by atoms with Gasteiger partial charge in [-0.2, -0.15) is 5.10 Å². The fourth-order valence-electron chi connectivity index (χ4n) is 2.37. The Hall–Kier alpha value is -3.15. The first-order chi connectivity index (χ1) is 11.1. The zero-order valence-electron chi connectivity index (χ0n) is 12.2. The van der Waals surface area contributed by atoms with Crippen molar-refractivity contribution in [1.82, 2.24) is 10.2 Å². The summed E-state index contributed by atoms with van der Waals surface area (Å²) in [6.45, 7) is 0. The van der Waals surface area contributed by atoms with Crippen LogP contribution in [-0.2, 0) is 9.59 Å². The Labute approximate surface area is 132 Å². The molecule has 6 nitrogen and oxygen atoms in total. The first kappa shape index (κ1) is 14.8. The number of hydrogen-bond donors (Lipinski definition) is 3. The number of aromatic nitrogens is 2. The molecule has 0 aliphatic heterocycles. The monoisotopic (exact) mass is 309 g/mol. The Morgan fingerprint density at radius 1 is 1.09 bits per heavy atom. The average molecular weight is 309 g/mol. The summed E-state index contributed by atoms with van der Waals surface area (Å²) in [6, 6.07) is 15.1. The molecule has 23 heavy (non-hydrogen) atoms. The Morgan fingerprint density at radius 2 is 1.91 bits per heavy atom. The second-order valence-corrected chi connectivity index (χ2v) is 5.14. The van der Waals surface area contributed by atoms with Crippen molar-refractivity contribution in [2.24, 2.45) is 0 Å². The molecule has 0 saturated heterocycles. The van der Waals surface area contributed by atoms with Crippen LogP contribution in [0, 0.1) is 0 Å². The molecular weight excluding hydrogens is 294 g/mol. The number of carboxylic acids is 1. The number of amides is 1. The zero-order valence-corrected chi connectivity index (χ0v) is 12.2. The van der Waals surface area contributed by atoms with Gasteiger partial charge < -0.3 is 10.4 Å². The van der Waals surface area contributed by atoms with Gasteiger partial charge in [0.2, 0.25) is 5.91 Å². The Morgan fingerprint density at radius 3 is 2.74 bits per heavy atom. The predicted octanol–water partition coefficient (Wildman–Crippen LogP) is 3.03. The van der Waals surface area contributed by atoms with Gasteiger partial charge >= 0.3 is 5.97 Å². The van der Waals surface area contributed by atoms with E-state index in [1.165, 1.54) is 0 Å². The van der Waals surface area contributed by atoms with Crippen molar-refractivity contribution in [3.8, 4) is 11.3 Å². The number of nitrogens with zero attached hydrogens (tertiary/aromatic N) is 1. The normalized spacial score (nSPS) is 10.6. The van der Waals surface area contributed by atoms with Crippen molar-refractivity contribution in [3.05, 3.63) is 48.5 Å². The lowest BCUT2D eigenvalue weighted by atomic mass is 10.1. The fourth-order valence-corrected chi connectivity index (χ4v) is 2.37. The molecule has 0 unspecified atom stereocenters. The molecule has 0 aliphatic rings. The molecule has 1 heterocycles. The number of carbonyl (C=O) groups excluding carboxylic acids is 1. The summed E-state index contributed by atoms with van der Waals surface area (Å²) in [6.07, 6.45) is -0.236. The smallest absolute Gasteiger partial charge is 0.303 e. The first-order valence-corrected chi connectivity index (χ1v) is 7.18. The van der Waals surface area contributed by atoms with Crippen LogP contribution < -0.4 is 5.32 Å². The number of benzene rings is 2. The summed E-state index contributed by atoms with van der Waals surface area (Å²) in [5.74, 6) is -1.31. The highest BCUT2D eigenvalue weighted by molar-refractivity contribution is 5.95. The number of para-hydroxylation sites is 1. The molecule has 2 aromatic carbocycles. The van der Waals surface area contributed by atoms with E-state index in [9.17, 15) is 9.59 Å². The third-order valence-electron chi connectivity index (χ3n) is 3.46. The summed E-state index contributed by atoms with van der Waals surface area (Å²) in [5.41, 5.74) is 3.24. The number of carboxylic acid groups (broad SMARTS) is 1. The van der Waals surface area contributed by atoms with Gasteiger partial charge in [-0.1, -0.05) is 30.3 Å². The van der Waals surface area contributed by atoms with Crippen LogP contribution in [0.3, 0.4) is 0 Å². The molecule has 0 fully saturated rings. The van der Waals surface area contributed by atoms with E-state index in [-0.39, 0.29) is 18.7 Å². The summed E-state index contributed by atoms with van der Waals surface area (Å²) in [5, 5.41) is 19.6. The standard InChI is InChI=1S/C17H15N3O3/c21-15(8-9-16(22)23)18-12-5-3-4-11(10-12)17-13-6-1-2-7-14(13)19-20-17/h1-7,10H,8-9H2,(H,18,21)(H,19,20)(H,22,23). The molecule has 116 valence electrons. The zero-order chi connectivity index (χ0) is 16.2. The molecule has 0 bridgehead atoms. The average Bonchev–Trinajstić information content (AvgIpc) is 2.97. The van der Waals surface area contributed by atoms with Crippen LogP contribution in [0.5, 0.6) is 0 Å². The SMILES string of the molecule is O=C(O)CCC(=O)Nc1cccc(-c2n[nH]c3ccccc23)c1. The van der Waals surface area contributed by atoms with Gasteiger partial charge in [0.05, 0.1) is 17.6 Å². The number of carbonyl (C=O) groups is 2. The molecule has 0 spiro atoms. The van der Waals surface area contributed by atoms with Gasteiger partial charge in [-0.25, -0.2) is 0 Å². The van der Waals surface area contributed by atoms with E-state index in [0.29, 0.717) is 5.69 Å². The molecule has 3 N–H and O–H groups in total. The number of aromatic amines is 1. The van der Waals surface area contributed by atoms with Crippen LogP contribution in [0.25, 0.3) is 22.2 Å². The number of rotatable bonds is 5. The molecule has 1 amide bonds. The number of hydrogen-bond acceptors (Lipinski definition) is 3. The predicted molar refractivity (Wildman–Crippen MR) is 87.0 cm³/mol. The number of anilines is 1. The second-order valence-electron chi connectivity index (χ2n) is 5.14. The van der Waals surface area contributed by atoms with Gasteiger partial charge in [0.25, 0.3) is 0 Å². The van der Waals surface area contributed by atoms with Crippen molar-refractivity contribution in [2.75, 3.05) is 5.32 Å². The van der Waals surface area contributed by atoms with Gasteiger partial charge in [-0.15, -0.1) is 0 Å². The Kier molecular flexibility index (Phi) is 4.05. The third-order valence-corrected chi connectivity index (χ3v) is 3.46. The molecule has 1 aromatic heterocycles. The highest BCUT2D eigenvalue weighted by atomic mass is 16.4. The number of aliphatic carboxylic acids is 1. The van der Waals surface area contributed by atoms with E-state index >= 15 is 0 Å². The largest absolute Gasteiger partial charge is 0.481 e. The van der Waals surface area contributed by atoms with Crippen LogP contribution in [0.2, 0.25) is 0 Å². The van der Waals surface area contributed by atoms with E-state index in [1.54, 1.807) is 6.07 Å².